The van der Waals surface area contributed by atoms with Gasteiger partial charge in [-0.3, -0.25) is 19.3 Å². The SMILES string of the molecule is CNC(=O)c1cn(C2CCCCC2)cc(C(=O)NCC(c2ccccc2)N2CCCCC2)c1=O. The lowest BCUT2D eigenvalue weighted by Gasteiger charge is -2.35. The largest absolute Gasteiger partial charge is 0.355 e. The highest BCUT2D eigenvalue weighted by atomic mass is 16.2. The highest BCUT2D eigenvalue weighted by Crippen LogP contribution is 2.28. The van der Waals surface area contributed by atoms with Gasteiger partial charge in [0.05, 0.1) is 6.04 Å². The Balaban J connectivity index is 1.59. The summed E-state index contributed by atoms with van der Waals surface area (Å²) in [6, 6.07) is 10.5. The van der Waals surface area contributed by atoms with Crippen molar-refractivity contribution >= 4 is 11.8 Å². The van der Waals surface area contributed by atoms with Crippen LogP contribution in [0, 0.1) is 0 Å². The van der Waals surface area contributed by atoms with Crippen molar-refractivity contribution in [3.05, 3.63) is 69.6 Å². The molecule has 0 radical (unpaired) electrons. The molecule has 1 aliphatic carbocycles. The summed E-state index contributed by atoms with van der Waals surface area (Å²) in [5.41, 5.74) is 0.704. The Morgan fingerprint density at radius 3 is 2.18 bits per heavy atom. The molecular formula is C27H36N4O3. The van der Waals surface area contributed by atoms with Crippen LogP contribution in [-0.2, 0) is 0 Å². The van der Waals surface area contributed by atoms with E-state index in [9.17, 15) is 14.4 Å². The number of carbonyl (C=O) groups excluding carboxylic acids is 2. The fourth-order valence-corrected chi connectivity index (χ4v) is 5.29. The average Bonchev–Trinajstić information content (AvgIpc) is 2.90. The number of hydrogen-bond acceptors (Lipinski definition) is 4. The summed E-state index contributed by atoms with van der Waals surface area (Å²) in [4.78, 5) is 41.3. The van der Waals surface area contributed by atoms with Crippen LogP contribution in [0.3, 0.4) is 0 Å². The van der Waals surface area contributed by atoms with Gasteiger partial charge in [-0.1, -0.05) is 56.0 Å². The van der Waals surface area contributed by atoms with Crippen molar-refractivity contribution in [1.82, 2.24) is 20.1 Å². The van der Waals surface area contributed by atoms with Gasteiger partial charge in [-0.25, -0.2) is 0 Å². The summed E-state index contributed by atoms with van der Waals surface area (Å²) in [7, 11) is 1.50. The van der Waals surface area contributed by atoms with E-state index in [2.05, 4.69) is 27.7 Å². The fraction of sp³-hybridized carbons (Fsp3) is 0.519. The Hall–Kier alpha value is -2.93. The quantitative estimate of drug-likeness (QED) is 0.655. The van der Waals surface area contributed by atoms with Gasteiger partial charge < -0.3 is 15.2 Å². The Kier molecular flexibility index (Phi) is 8.16. The Morgan fingerprint density at radius 1 is 0.912 bits per heavy atom. The molecule has 7 heteroatoms. The first-order valence-corrected chi connectivity index (χ1v) is 12.6. The maximum absolute atomic E-state index is 13.3. The normalized spacial score (nSPS) is 18.3. The van der Waals surface area contributed by atoms with Crippen molar-refractivity contribution < 1.29 is 9.59 Å². The van der Waals surface area contributed by atoms with Gasteiger partial charge >= 0.3 is 0 Å². The molecular weight excluding hydrogens is 428 g/mol. The molecule has 2 amide bonds. The maximum Gasteiger partial charge on any atom is 0.256 e. The number of benzene rings is 1. The molecule has 1 saturated carbocycles. The Labute approximate surface area is 201 Å². The van der Waals surface area contributed by atoms with E-state index < -0.39 is 17.2 Å². The molecule has 2 N–H and O–H groups in total. The summed E-state index contributed by atoms with van der Waals surface area (Å²) in [6.45, 7) is 2.40. The summed E-state index contributed by atoms with van der Waals surface area (Å²) in [5.74, 6) is -0.877. The first-order chi connectivity index (χ1) is 16.6. The van der Waals surface area contributed by atoms with E-state index in [0.29, 0.717) is 6.54 Å². The number of carbonyl (C=O) groups is 2. The summed E-state index contributed by atoms with van der Waals surface area (Å²) < 4.78 is 1.92. The molecule has 1 saturated heterocycles. The number of amides is 2. The van der Waals surface area contributed by atoms with Gasteiger partial charge in [-0.15, -0.1) is 0 Å². The van der Waals surface area contributed by atoms with Crippen molar-refractivity contribution in [2.75, 3.05) is 26.7 Å². The Bertz CT molecular complexity index is 1040. The highest BCUT2D eigenvalue weighted by molar-refractivity contribution is 5.99. The lowest BCUT2D eigenvalue weighted by atomic mass is 9.95. The van der Waals surface area contributed by atoms with E-state index >= 15 is 0 Å². The van der Waals surface area contributed by atoms with Gasteiger partial charge in [-0.2, -0.15) is 0 Å². The van der Waals surface area contributed by atoms with Crippen molar-refractivity contribution in [2.45, 2.75) is 63.5 Å². The zero-order valence-corrected chi connectivity index (χ0v) is 20.1. The van der Waals surface area contributed by atoms with Crippen LogP contribution in [0.25, 0.3) is 0 Å². The molecule has 1 aromatic heterocycles. The molecule has 0 bridgehead atoms. The van der Waals surface area contributed by atoms with Crippen molar-refractivity contribution in [1.29, 1.82) is 0 Å². The number of hydrogen-bond donors (Lipinski definition) is 2. The number of piperidine rings is 1. The number of nitrogens with zero attached hydrogens (tertiary/aromatic N) is 2. The van der Waals surface area contributed by atoms with Gasteiger partial charge in [0.1, 0.15) is 11.1 Å². The van der Waals surface area contributed by atoms with Crippen LogP contribution in [0.1, 0.15) is 89.7 Å². The molecule has 34 heavy (non-hydrogen) atoms. The Morgan fingerprint density at radius 2 is 1.53 bits per heavy atom. The monoisotopic (exact) mass is 464 g/mol. The number of aromatic nitrogens is 1. The lowest BCUT2D eigenvalue weighted by molar-refractivity contribution is 0.0922. The van der Waals surface area contributed by atoms with Gasteiger partial charge in [0.15, 0.2) is 0 Å². The number of pyridine rings is 1. The topological polar surface area (TPSA) is 83.4 Å². The molecule has 2 aliphatic rings. The molecule has 0 spiro atoms. The molecule has 2 heterocycles. The predicted octanol–water partition coefficient (Wildman–Crippen LogP) is 3.67. The second kappa shape index (κ2) is 11.5. The smallest absolute Gasteiger partial charge is 0.256 e. The fourth-order valence-electron chi connectivity index (χ4n) is 5.29. The van der Waals surface area contributed by atoms with Gasteiger partial charge in [0, 0.05) is 32.0 Å². The van der Waals surface area contributed by atoms with E-state index in [-0.39, 0.29) is 23.2 Å². The second-order valence-corrected chi connectivity index (χ2v) is 9.47. The predicted molar refractivity (Wildman–Crippen MR) is 133 cm³/mol. The van der Waals surface area contributed by atoms with E-state index in [1.165, 1.54) is 19.9 Å². The van der Waals surface area contributed by atoms with Crippen LogP contribution < -0.4 is 16.1 Å². The standard InChI is InChI=1S/C27H36N4O3/c1-28-26(33)22-18-31(21-13-7-3-8-14-21)19-23(25(22)32)27(34)29-17-24(20-11-5-2-6-12-20)30-15-9-4-10-16-30/h2,5-6,11-12,18-19,21,24H,3-4,7-10,13-17H2,1H3,(H,28,33)(H,29,34). The third kappa shape index (κ3) is 5.58. The summed E-state index contributed by atoms with van der Waals surface area (Å²) in [6.07, 6.45) is 12.2. The third-order valence-electron chi connectivity index (χ3n) is 7.23. The van der Waals surface area contributed by atoms with Crippen molar-refractivity contribution in [3.8, 4) is 0 Å². The highest BCUT2D eigenvalue weighted by Gasteiger charge is 2.25. The molecule has 4 rings (SSSR count). The summed E-state index contributed by atoms with van der Waals surface area (Å²) >= 11 is 0. The van der Waals surface area contributed by atoms with Crippen LogP contribution in [-0.4, -0.2) is 48.0 Å². The zero-order chi connectivity index (χ0) is 23.9. The van der Waals surface area contributed by atoms with E-state index in [4.69, 9.17) is 0 Å². The zero-order valence-electron chi connectivity index (χ0n) is 20.1. The number of rotatable bonds is 7. The van der Waals surface area contributed by atoms with Gasteiger partial charge in [0.25, 0.3) is 11.8 Å². The second-order valence-electron chi connectivity index (χ2n) is 9.47. The molecule has 1 unspecified atom stereocenters. The van der Waals surface area contributed by atoms with E-state index in [1.54, 1.807) is 12.4 Å². The summed E-state index contributed by atoms with van der Waals surface area (Å²) in [5, 5.41) is 5.57. The lowest BCUT2D eigenvalue weighted by Crippen LogP contribution is -2.42. The minimum Gasteiger partial charge on any atom is -0.355 e. The first kappa shape index (κ1) is 24.2. The van der Waals surface area contributed by atoms with Crippen LogP contribution in [0.15, 0.2) is 47.5 Å². The molecule has 2 fully saturated rings. The molecule has 1 atom stereocenters. The molecule has 1 aromatic carbocycles. The molecule has 1 aliphatic heterocycles. The van der Waals surface area contributed by atoms with Crippen LogP contribution in [0.5, 0.6) is 0 Å². The van der Waals surface area contributed by atoms with Gasteiger partial charge in [-0.05, 0) is 44.3 Å². The van der Waals surface area contributed by atoms with Crippen molar-refractivity contribution in [2.24, 2.45) is 0 Å². The van der Waals surface area contributed by atoms with Crippen LogP contribution in [0.4, 0.5) is 0 Å². The van der Waals surface area contributed by atoms with E-state index in [1.807, 2.05) is 22.8 Å². The van der Waals surface area contributed by atoms with Gasteiger partial charge in [0.2, 0.25) is 5.43 Å². The molecule has 2 aromatic rings. The minimum absolute atomic E-state index is 0.0244. The number of likely N-dealkylation sites (tertiary alicyclic amines) is 1. The average molecular weight is 465 g/mol. The number of nitrogens with one attached hydrogen (secondary N) is 2. The maximum atomic E-state index is 13.3. The van der Waals surface area contributed by atoms with Crippen LogP contribution >= 0.6 is 0 Å². The third-order valence-corrected chi connectivity index (χ3v) is 7.23. The molecule has 7 nitrogen and oxygen atoms in total. The van der Waals surface area contributed by atoms with Crippen molar-refractivity contribution in [3.63, 3.8) is 0 Å². The van der Waals surface area contributed by atoms with Crippen LogP contribution in [0.2, 0.25) is 0 Å². The molecule has 182 valence electrons. The van der Waals surface area contributed by atoms with E-state index in [0.717, 1.165) is 57.2 Å². The first-order valence-electron chi connectivity index (χ1n) is 12.6. The minimum atomic E-state index is -0.516.